The van der Waals surface area contributed by atoms with Crippen molar-refractivity contribution >= 4 is 11.6 Å². The van der Waals surface area contributed by atoms with Gasteiger partial charge in [0.15, 0.2) is 5.69 Å². The van der Waals surface area contributed by atoms with Gasteiger partial charge in [-0.2, -0.15) is 18.3 Å². The SMILES string of the molecule is COc1cccc(Cn2cc(CCO)c(C(F)(F)F)n2)c1Cl. The molecule has 0 saturated heterocycles. The molecule has 2 rings (SSSR count). The summed E-state index contributed by atoms with van der Waals surface area (Å²) in [6.45, 7) is -0.306. The number of rotatable bonds is 5. The van der Waals surface area contributed by atoms with Gasteiger partial charge in [-0.15, -0.1) is 0 Å². The summed E-state index contributed by atoms with van der Waals surface area (Å²) in [5.74, 6) is 0.443. The van der Waals surface area contributed by atoms with Crippen LogP contribution in [0.3, 0.4) is 0 Å². The maximum absolute atomic E-state index is 12.9. The summed E-state index contributed by atoms with van der Waals surface area (Å²) in [6, 6.07) is 5.04. The second kappa shape index (κ2) is 6.58. The normalized spacial score (nSPS) is 11.7. The molecule has 120 valence electrons. The van der Waals surface area contributed by atoms with Crippen molar-refractivity contribution in [2.24, 2.45) is 0 Å². The van der Waals surface area contributed by atoms with Crippen LogP contribution in [-0.4, -0.2) is 28.6 Å². The Labute approximate surface area is 130 Å². The molecule has 0 atom stereocenters. The van der Waals surface area contributed by atoms with E-state index in [9.17, 15) is 13.2 Å². The van der Waals surface area contributed by atoms with Gasteiger partial charge in [0.25, 0.3) is 0 Å². The predicted molar refractivity (Wildman–Crippen MR) is 75.1 cm³/mol. The molecule has 1 N–H and O–H groups in total. The van der Waals surface area contributed by atoms with Crippen LogP contribution in [0.4, 0.5) is 13.2 Å². The van der Waals surface area contributed by atoms with Gasteiger partial charge in [-0.25, -0.2) is 0 Å². The second-order valence-corrected chi connectivity index (χ2v) is 4.98. The van der Waals surface area contributed by atoms with Crippen molar-refractivity contribution in [3.05, 3.63) is 46.2 Å². The molecule has 8 heteroatoms. The highest BCUT2D eigenvalue weighted by atomic mass is 35.5. The molecule has 1 aromatic carbocycles. The number of hydrogen-bond acceptors (Lipinski definition) is 3. The molecule has 4 nitrogen and oxygen atoms in total. The van der Waals surface area contributed by atoms with Gasteiger partial charge in [-0.3, -0.25) is 4.68 Å². The molecule has 0 fully saturated rings. The van der Waals surface area contributed by atoms with Crippen molar-refractivity contribution in [3.63, 3.8) is 0 Å². The van der Waals surface area contributed by atoms with E-state index < -0.39 is 11.9 Å². The van der Waals surface area contributed by atoms with Crippen LogP contribution in [0.5, 0.6) is 5.75 Å². The highest BCUT2D eigenvalue weighted by Gasteiger charge is 2.36. The Hall–Kier alpha value is -1.73. The van der Waals surface area contributed by atoms with E-state index in [4.69, 9.17) is 21.4 Å². The first-order chi connectivity index (χ1) is 10.4. The van der Waals surface area contributed by atoms with Crippen LogP contribution in [0.2, 0.25) is 5.02 Å². The fourth-order valence-electron chi connectivity index (χ4n) is 2.10. The zero-order valence-electron chi connectivity index (χ0n) is 11.7. The molecule has 2 aromatic rings. The number of halogens is 4. The lowest BCUT2D eigenvalue weighted by molar-refractivity contribution is -0.142. The summed E-state index contributed by atoms with van der Waals surface area (Å²) in [5.41, 5.74) is -0.442. The summed E-state index contributed by atoms with van der Waals surface area (Å²) in [7, 11) is 1.46. The molecule has 1 aromatic heterocycles. The van der Waals surface area contributed by atoms with Crippen LogP contribution in [0.15, 0.2) is 24.4 Å². The molecule has 1 heterocycles. The number of nitrogens with zero attached hydrogens (tertiary/aromatic N) is 2. The summed E-state index contributed by atoms with van der Waals surface area (Å²) >= 11 is 6.13. The first kappa shape index (κ1) is 16.6. The molecule has 0 saturated carbocycles. The number of methoxy groups -OCH3 is 1. The number of aliphatic hydroxyl groups is 1. The van der Waals surface area contributed by atoms with E-state index in [2.05, 4.69) is 5.10 Å². The Morgan fingerprint density at radius 1 is 1.32 bits per heavy atom. The van der Waals surface area contributed by atoms with E-state index in [-0.39, 0.29) is 25.1 Å². The topological polar surface area (TPSA) is 47.3 Å². The van der Waals surface area contributed by atoms with E-state index in [1.54, 1.807) is 18.2 Å². The summed E-state index contributed by atoms with van der Waals surface area (Å²) in [5, 5.41) is 12.8. The molecule has 0 unspecified atom stereocenters. The average molecular weight is 335 g/mol. The number of hydrogen-bond donors (Lipinski definition) is 1. The zero-order valence-corrected chi connectivity index (χ0v) is 12.4. The number of ether oxygens (including phenoxy) is 1. The van der Waals surface area contributed by atoms with Crippen LogP contribution in [0.25, 0.3) is 0 Å². The van der Waals surface area contributed by atoms with E-state index >= 15 is 0 Å². The lowest BCUT2D eigenvalue weighted by atomic mass is 10.2. The van der Waals surface area contributed by atoms with Crippen molar-refractivity contribution in [3.8, 4) is 5.75 Å². The van der Waals surface area contributed by atoms with Gasteiger partial charge in [-0.05, 0) is 18.1 Å². The number of benzene rings is 1. The molecular formula is C14H14ClF3N2O2. The minimum Gasteiger partial charge on any atom is -0.495 e. The van der Waals surface area contributed by atoms with E-state index in [0.717, 1.165) is 4.68 Å². The highest BCUT2D eigenvalue weighted by molar-refractivity contribution is 6.32. The molecule has 0 aliphatic carbocycles. The number of aromatic nitrogens is 2. The number of aliphatic hydroxyl groups excluding tert-OH is 1. The average Bonchev–Trinajstić information content (AvgIpc) is 2.84. The van der Waals surface area contributed by atoms with Crippen molar-refractivity contribution < 1.29 is 23.0 Å². The van der Waals surface area contributed by atoms with Crippen LogP contribution in [0, 0.1) is 0 Å². The van der Waals surface area contributed by atoms with E-state index in [0.29, 0.717) is 16.3 Å². The summed E-state index contributed by atoms with van der Waals surface area (Å²) in [6.07, 6.45) is -3.40. The molecule has 0 spiro atoms. The standard InChI is InChI=1S/C14H14ClF3N2O2/c1-22-11-4-2-3-9(12(11)15)7-20-8-10(5-6-21)13(19-20)14(16,17)18/h2-4,8,21H,5-7H2,1H3. The lowest BCUT2D eigenvalue weighted by Crippen LogP contribution is -2.11. The fourth-order valence-corrected chi connectivity index (χ4v) is 2.36. The van der Waals surface area contributed by atoms with Gasteiger partial charge in [0.2, 0.25) is 0 Å². The van der Waals surface area contributed by atoms with Crippen LogP contribution in [0.1, 0.15) is 16.8 Å². The van der Waals surface area contributed by atoms with Crippen molar-refractivity contribution in [2.75, 3.05) is 13.7 Å². The predicted octanol–water partition coefficient (Wildman–Crippen LogP) is 3.15. The third-order valence-corrected chi connectivity index (χ3v) is 3.51. The van der Waals surface area contributed by atoms with Crippen molar-refractivity contribution in [1.82, 2.24) is 9.78 Å². The highest BCUT2D eigenvalue weighted by Crippen LogP contribution is 2.32. The molecule has 0 amide bonds. The third-order valence-electron chi connectivity index (χ3n) is 3.08. The van der Waals surface area contributed by atoms with E-state index in [1.807, 2.05) is 0 Å². The maximum Gasteiger partial charge on any atom is 0.435 e. The minimum absolute atomic E-state index is 0.0472. The molecule has 0 aliphatic rings. The third kappa shape index (κ3) is 3.53. The second-order valence-electron chi connectivity index (χ2n) is 4.61. The molecular weight excluding hydrogens is 321 g/mol. The first-order valence-corrected chi connectivity index (χ1v) is 6.80. The Balaban J connectivity index is 2.34. The van der Waals surface area contributed by atoms with Gasteiger partial charge < -0.3 is 9.84 Å². The summed E-state index contributed by atoms with van der Waals surface area (Å²) in [4.78, 5) is 0. The summed E-state index contributed by atoms with van der Waals surface area (Å²) < 4.78 is 45.0. The quantitative estimate of drug-likeness (QED) is 0.913. The van der Waals surface area contributed by atoms with Crippen molar-refractivity contribution in [1.29, 1.82) is 0 Å². The van der Waals surface area contributed by atoms with Crippen LogP contribution >= 0.6 is 11.6 Å². The zero-order chi connectivity index (χ0) is 16.3. The van der Waals surface area contributed by atoms with Gasteiger partial charge in [0, 0.05) is 18.4 Å². The molecule has 0 radical (unpaired) electrons. The number of alkyl halides is 3. The maximum atomic E-state index is 12.9. The van der Waals surface area contributed by atoms with E-state index in [1.165, 1.54) is 13.3 Å². The minimum atomic E-state index is -4.56. The molecule has 0 aliphatic heterocycles. The fraction of sp³-hybridized carbons (Fsp3) is 0.357. The molecule has 22 heavy (non-hydrogen) atoms. The largest absolute Gasteiger partial charge is 0.495 e. The van der Waals surface area contributed by atoms with Crippen LogP contribution in [-0.2, 0) is 19.1 Å². The Morgan fingerprint density at radius 3 is 2.64 bits per heavy atom. The Bertz CT molecular complexity index is 656. The molecule has 0 bridgehead atoms. The van der Waals surface area contributed by atoms with Gasteiger partial charge in [0.1, 0.15) is 5.75 Å². The monoisotopic (exact) mass is 334 g/mol. The van der Waals surface area contributed by atoms with Crippen LogP contribution < -0.4 is 4.74 Å². The Morgan fingerprint density at radius 2 is 2.05 bits per heavy atom. The van der Waals surface area contributed by atoms with Gasteiger partial charge in [-0.1, -0.05) is 23.7 Å². The van der Waals surface area contributed by atoms with Gasteiger partial charge >= 0.3 is 6.18 Å². The Kier molecular flexibility index (Phi) is 4.97. The smallest absolute Gasteiger partial charge is 0.435 e. The first-order valence-electron chi connectivity index (χ1n) is 6.42. The van der Waals surface area contributed by atoms with Gasteiger partial charge in [0.05, 0.1) is 18.7 Å². The van der Waals surface area contributed by atoms with Crippen molar-refractivity contribution in [2.45, 2.75) is 19.1 Å². The lowest BCUT2D eigenvalue weighted by Gasteiger charge is -2.08.